The first kappa shape index (κ1) is 21.3. The van der Waals surface area contributed by atoms with Crippen molar-refractivity contribution < 1.29 is 24.0 Å². The van der Waals surface area contributed by atoms with Crippen LogP contribution in [0.2, 0.25) is 0 Å². The summed E-state index contributed by atoms with van der Waals surface area (Å²) in [6.07, 6.45) is 1.35. The van der Waals surface area contributed by atoms with Crippen LogP contribution in [0.4, 0.5) is 5.69 Å². The van der Waals surface area contributed by atoms with Gasteiger partial charge in [0.2, 0.25) is 0 Å². The van der Waals surface area contributed by atoms with Crippen molar-refractivity contribution in [2.45, 2.75) is 6.92 Å². The number of ether oxygens (including phenoxy) is 1. The number of nitrogens with zero attached hydrogens (tertiary/aromatic N) is 1. The van der Waals surface area contributed by atoms with Crippen molar-refractivity contribution in [3.63, 3.8) is 0 Å². The molecule has 2 N–H and O–H groups in total. The second-order valence-corrected chi connectivity index (χ2v) is 5.71. The summed E-state index contributed by atoms with van der Waals surface area (Å²) in [5, 5.41) is 15.6. The van der Waals surface area contributed by atoms with E-state index in [1.165, 1.54) is 30.3 Å². The first-order chi connectivity index (χ1) is 13.9. The van der Waals surface area contributed by atoms with Crippen LogP contribution < -0.4 is 10.6 Å². The lowest BCUT2D eigenvalue weighted by molar-refractivity contribution is -0.384. The van der Waals surface area contributed by atoms with Crippen molar-refractivity contribution in [2.24, 2.45) is 0 Å². The summed E-state index contributed by atoms with van der Waals surface area (Å²) in [6.45, 7) is 1.44. The lowest BCUT2D eigenvalue weighted by Gasteiger charge is -2.11. The Morgan fingerprint density at radius 2 is 1.72 bits per heavy atom. The van der Waals surface area contributed by atoms with Gasteiger partial charge in [-0.05, 0) is 42.8 Å². The second-order valence-electron chi connectivity index (χ2n) is 5.71. The Hall–Kier alpha value is -4.01. The van der Waals surface area contributed by atoms with Crippen LogP contribution in [0.1, 0.15) is 22.8 Å². The molecular formula is C20H19N3O6. The fourth-order valence-electron chi connectivity index (χ4n) is 2.26. The van der Waals surface area contributed by atoms with Crippen LogP contribution in [0, 0.1) is 10.1 Å². The number of hydrogen-bond acceptors (Lipinski definition) is 6. The summed E-state index contributed by atoms with van der Waals surface area (Å²) in [4.78, 5) is 46.6. The van der Waals surface area contributed by atoms with Gasteiger partial charge in [-0.2, -0.15) is 0 Å². The lowest BCUT2D eigenvalue weighted by Crippen LogP contribution is -2.37. The molecule has 2 aromatic carbocycles. The van der Waals surface area contributed by atoms with Crippen LogP contribution in [0.25, 0.3) is 6.08 Å². The van der Waals surface area contributed by atoms with E-state index in [0.29, 0.717) is 11.1 Å². The molecule has 0 heterocycles. The molecule has 2 rings (SSSR count). The molecular weight excluding hydrogens is 378 g/mol. The predicted octanol–water partition coefficient (Wildman–Crippen LogP) is 2.04. The maximum atomic E-state index is 12.5. The minimum Gasteiger partial charge on any atom is -0.465 e. The van der Waals surface area contributed by atoms with E-state index < -0.39 is 22.7 Å². The van der Waals surface area contributed by atoms with Gasteiger partial charge in [0.15, 0.2) is 0 Å². The highest BCUT2D eigenvalue weighted by atomic mass is 16.6. The van der Waals surface area contributed by atoms with E-state index in [1.807, 2.05) is 0 Å². The zero-order valence-corrected chi connectivity index (χ0v) is 15.6. The molecule has 29 heavy (non-hydrogen) atoms. The molecule has 0 aliphatic heterocycles. The third-order valence-corrected chi connectivity index (χ3v) is 3.64. The largest absolute Gasteiger partial charge is 0.465 e. The number of benzene rings is 2. The third-order valence-electron chi connectivity index (χ3n) is 3.64. The topological polar surface area (TPSA) is 128 Å². The van der Waals surface area contributed by atoms with Gasteiger partial charge in [-0.25, -0.2) is 0 Å². The van der Waals surface area contributed by atoms with E-state index >= 15 is 0 Å². The van der Waals surface area contributed by atoms with E-state index in [4.69, 9.17) is 4.74 Å². The fraction of sp³-hybridized carbons (Fsp3) is 0.150. The number of rotatable bonds is 8. The molecule has 0 fully saturated rings. The lowest BCUT2D eigenvalue weighted by atomic mass is 10.1. The summed E-state index contributed by atoms with van der Waals surface area (Å²) in [7, 11) is 0. The molecule has 0 bridgehead atoms. The van der Waals surface area contributed by atoms with Crippen molar-refractivity contribution in [1.29, 1.82) is 0 Å². The molecule has 0 saturated heterocycles. The molecule has 0 saturated carbocycles. The Morgan fingerprint density at radius 1 is 1.07 bits per heavy atom. The zero-order valence-electron chi connectivity index (χ0n) is 15.6. The van der Waals surface area contributed by atoms with Gasteiger partial charge in [-0.15, -0.1) is 0 Å². The quantitative estimate of drug-likeness (QED) is 0.304. The van der Waals surface area contributed by atoms with Crippen molar-refractivity contribution in [1.82, 2.24) is 10.6 Å². The first-order valence-electron chi connectivity index (χ1n) is 8.67. The van der Waals surface area contributed by atoms with Crippen LogP contribution in [-0.4, -0.2) is 35.9 Å². The van der Waals surface area contributed by atoms with Gasteiger partial charge in [0, 0.05) is 17.7 Å². The zero-order chi connectivity index (χ0) is 21.2. The molecule has 0 aliphatic carbocycles. The minimum atomic E-state index is -0.708. The highest BCUT2D eigenvalue weighted by Gasteiger charge is 2.16. The van der Waals surface area contributed by atoms with Crippen molar-refractivity contribution in [2.75, 3.05) is 13.2 Å². The summed E-state index contributed by atoms with van der Waals surface area (Å²) in [5.74, 6) is -1.85. The van der Waals surface area contributed by atoms with Gasteiger partial charge >= 0.3 is 5.97 Å². The normalized spacial score (nSPS) is 10.7. The molecule has 2 aromatic rings. The number of carbonyl (C=O) groups is 3. The average Bonchev–Trinajstić information content (AvgIpc) is 2.72. The van der Waals surface area contributed by atoms with E-state index in [0.717, 1.165) is 0 Å². The maximum Gasteiger partial charge on any atom is 0.325 e. The summed E-state index contributed by atoms with van der Waals surface area (Å²) >= 11 is 0. The van der Waals surface area contributed by atoms with E-state index in [1.54, 1.807) is 37.3 Å². The number of carbonyl (C=O) groups excluding carboxylic acids is 3. The van der Waals surface area contributed by atoms with Crippen LogP contribution in [0.5, 0.6) is 0 Å². The highest BCUT2D eigenvalue weighted by Crippen LogP contribution is 2.14. The van der Waals surface area contributed by atoms with Crippen LogP contribution >= 0.6 is 0 Å². The smallest absolute Gasteiger partial charge is 0.325 e. The summed E-state index contributed by atoms with van der Waals surface area (Å²) in [5.41, 5.74) is 0.548. The van der Waals surface area contributed by atoms with E-state index in [9.17, 15) is 24.5 Å². The number of nitrogens with one attached hydrogen (secondary N) is 2. The van der Waals surface area contributed by atoms with Gasteiger partial charge in [0.25, 0.3) is 17.5 Å². The Kier molecular flexibility index (Phi) is 7.60. The third kappa shape index (κ3) is 6.58. The molecule has 0 atom stereocenters. The number of esters is 1. The van der Waals surface area contributed by atoms with E-state index in [2.05, 4.69) is 10.6 Å². The number of non-ortho nitro benzene ring substituents is 1. The van der Waals surface area contributed by atoms with Crippen LogP contribution in [-0.2, 0) is 14.3 Å². The molecule has 150 valence electrons. The Labute approximate surface area is 166 Å². The number of nitro benzene ring substituents is 1. The molecule has 2 amide bonds. The molecule has 9 heteroatoms. The Bertz CT molecular complexity index is 923. The van der Waals surface area contributed by atoms with Crippen LogP contribution in [0.15, 0.2) is 60.3 Å². The Morgan fingerprint density at radius 3 is 2.31 bits per heavy atom. The highest BCUT2D eigenvalue weighted by molar-refractivity contribution is 6.05. The number of hydrogen-bond donors (Lipinski definition) is 2. The van der Waals surface area contributed by atoms with Gasteiger partial charge < -0.3 is 15.4 Å². The van der Waals surface area contributed by atoms with Crippen molar-refractivity contribution in [3.05, 3.63) is 81.5 Å². The molecule has 9 nitrogen and oxygen atoms in total. The van der Waals surface area contributed by atoms with Gasteiger partial charge in [-0.3, -0.25) is 24.5 Å². The predicted molar refractivity (Wildman–Crippen MR) is 105 cm³/mol. The number of nitro groups is 1. The summed E-state index contributed by atoms with van der Waals surface area (Å²) < 4.78 is 4.75. The molecule has 0 aliphatic rings. The second kappa shape index (κ2) is 10.4. The monoisotopic (exact) mass is 397 g/mol. The van der Waals surface area contributed by atoms with Crippen molar-refractivity contribution >= 4 is 29.5 Å². The number of amides is 2. The SMILES string of the molecule is CCOC(=O)CNC(=O)/C(=C/c1ccc([N+](=O)[O-])cc1)NC(=O)c1ccccc1. The van der Waals surface area contributed by atoms with Gasteiger partial charge in [0.05, 0.1) is 11.5 Å². The fourth-order valence-corrected chi connectivity index (χ4v) is 2.26. The van der Waals surface area contributed by atoms with Crippen LogP contribution in [0.3, 0.4) is 0 Å². The molecule has 0 spiro atoms. The Balaban J connectivity index is 2.23. The first-order valence-corrected chi connectivity index (χ1v) is 8.67. The van der Waals surface area contributed by atoms with E-state index in [-0.39, 0.29) is 24.5 Å². The standard InChI is InChI=1S/C20H19N3O6/c1-2-29-18(24)13-21-20(26)17(22-19(25)15-6-4-3-5-7-15)12-14-8-10-16(11-9-14)23(27)28/h3-12H,2,13H2,1H3,(H,21,26)(H,22,25)/b17-12-. The molecule has 0 unspecified atom stereocenters. The minimum absolute atomic E-state index is 0.108. The summed E-state index contributed by atoms with van der Waals surface area (Å²) in [6, 6.07) is 13.7. The maximum absolute atomic E-state index is 12.5. The average molecular weight is 397 g/mol. The van der Waals surface area contributed by atoms with Crippen molar-refractivity contribution in [3.8, 4) is 0 Å². The molecule has 0 radical (unpaired) electrons. The van der Waals surface area contributed by atoms with Gasteiger partial charge in [-0.1, -0.05) is 18.2 Å². The molecule has 0 aromatic heterocycles. The van der Waals surface area contributed by atoms with Gasteiger partial charge in [0.1, 0.15) is 12.2 Å².